The number of piperazine rings is 1. The van der Waals surface area contributed by atoms with Crippen LogP contribution in [0.1, 0.15) is 32.6 Å². The molecule has 1 aliphatic heterocycles. The summed E-state index contributed by atoms with van der Waals surface area (Å²) in [7, 11) is -3.65. The second-order valence-corrected chi connectivity index (χ2v) is 9.17. The van der Waals surface area contributed by atoms with E-state index in [0.29, 0.717) is 4.90 Å². The van der Waals surface area contributed by atoms with E-state index >= 15 is 0 Å². The van der Waals surface area contributed by atoms with Gasteiger partial charge in [0, 0.05) is 31.7 Å². The molecule has 3 rings (SSSR count). The molecule has 7 heteroatoms. The lowest BCUT2D eigenvalue weighted by molar-refractivity contribution is 0.0697. The van der Waals surface area contributed by atoms with Gasteiger partial charge in [-0.1, -0.05) is 12.1 Å². The van der Waals surface area contributed by atoms with Crippen molar-refractivity contribution in [3.05, 3.63) is 64.0 Å². The van der Waals surface area contributed by atoms with Crippen molar-refractivity contribution in [1.82, 2.24) is 9.21 Å². The smallest absolute Gasteiger partial charge is 0.254 e. The minimum Gasteiger partial charge on any atom is -0.336 e. The summed E-state index contributed by atoms with van der Waals surface area (Å²) in [6, 6.07) is 7.55. The lowest BCUT2D eigenvalue weighted by Gasteiger charge is -2.34. The molecular weight excluding hydrogens is 379 g/mol. The minimum absolute atomic E-state index is 0.218. The van der Waals surface area contributed by atoms with Gasteiger partial charge in [0.25, 0.3) is 5.91 Å². The summed E-state index contributed by atoms with van der Waals surface area (Å²) in [5, 5.41) is 0. The number of nitrogens with zero attached hydrogens (tertiary/aromatic N) is 2. The largest absolute Gasteiger partial charge is 0.336 e. The standard InChI is InChI=1S/C21H25FN2O3S/c1-14-12-15(2)17(4)20(16(14)3)28(26,27)24-10-8-23(9-11-24)21(25)18-6-5-7-19(22)13-18/h5-7,12-13H,8-11H2,1-4H3. The third kappa shape index (κ3) is 3.69. The van der Waals surface area contributed by atoms with Gasteiger partial charge in [0.1, 0.15) is 5.82 Å². The van der Waals surface area contributed by atoms with E-state index in [1.165, 1.54) is 22.5 Å². The van der Waals surface area contributed by atoms with Crippen LogP contribution < -0.4 is 0 Å². The Morgan fingerprint density at radius 1 is 0.929 bits per heavy atom. The first-order valence-corrected chi connectivity index (χ1v) is 10.7. The number of rotatable bonds is 3. The number of benzene rings is 2. The number of sulfonamides is 1. The molecule has 2 aromatic rings. The maximum atomic E-state index is 13.4. The Balaban J connectivity index is 1.81. The Morgan fingerprint density at radius 2 is 1.50 bits per heavy atom. The van der Waals surface area contributed by atoms with Gasteiger partial charge in [0.05, 0.1) is 4.90 Å². The predicted molar refractivity (Wildman–Crippen MR) is 106 cm³/mol. The fraction of sp³-hybridized carbons (Fsp3) is 0.381. The van der Waals surface area contributed by atoms with Crippen LogP contribution in [-0.4, -0.2) is 49.7 Å². The molecule has 0 radical (unpaired) electrons. The average molecular weight is 405 g/mol. The van der Waals surface area contributed by atoms with E-state index in [1.807, 2.05) is 33.8 Å². The van der Waals surface area contributed by atoms with Crippen LogP contribution in [0.5, 0.6) is 0 Å². The molecule has 1 amide bonds. The van der Waals surface area contributed by atoms with Crippen molar-refractivity contribution >= 4 is 15.9 Å². The fourth-order valence-corrected chi connectivity index (χ4v) is 5.63. The van der Waals surface area contributed by atoms with Gasteiger partial charge in [0.15, 0.2) is 0 Å². The molecule has 1 fully saturated rings. The monoisotopic (exact) mass is 404 g/mol. The van der Waals surface area contributed by atoms with Gasteiger partial charge >= 0.3 is 0 Å². The highest BCUT2D eigenvalue weighted by atomic mass is 32.2. The van der Waals surface area contributed by atoms with Crippen molar-refractivity contribution in [2.75, 3.05) is 26.2 Å². The fourth-order valence-electron chi connectivity index (χ4n) is 3.63. The molecule has 1 aliphatic rings. The van der Waals surface area contributed by atoms with Crippen LogP contribution in [0, 0.1) is 33.5 Å². The molecule has 0 atom stereocenters. The predicted octanol–water partition coefficient (Wildman–Crippen LogP) is 3.21. The van der Waals surface area contributed by atoms with Crippen LogP contribution in [0.3, 0.4) is 0 Å². The van der Waals surface area contributed by atoms with E-state index in [0.717, 1.165) is 22.3 Å². The number of hydrogen-bond donors (Lipinski definition) is 0. The topological polar surface area (TPSA) is 57.7 Å². The highest BCUT2D eigenvalue weighted by Crippen LogP contribution is 2.29. The molecule has 0 aliphatic carbocycles. The molecule has 0 aromatic heterocycles. The highest BCUT2D eigenvalue weighted by Gasteiger charge is 2.33. The summed E-state index contributed by atoms with van der Waals surface area (Å²) < 4.78 is 41.4. The molecule has 1 heterocycles. The van der Waals surface area contributed by atoms with Crippen molar-refractivity contribution in [3.63, 3.8) is 0 Å². The Bertz CT molecular complexity index is 1000. The Morgan fingerprint density at radius 3 is 2.04 bits per heavy atom. The normalized spacial score (nSPS) is 15.7. The summed E-state index contributed by atoms with van der Waals surface area (Å²) in [5.41, 5.74) is 3.70. The van der Waals surface area contributed by atoms with E-state index in [4.69, 9.17) is 0 Å². The first kappa shape index (κ1) is 20.5. The molecule has 5 nitrogen and oxygen atoms in total. The summed E-state index contributed by atoms with van der Waals surface area (Å²) >= 11 is 0. The molecule has 0 spiro atoms. The van der Waals surface area contributed by atoms with E-state index in [2.05, 4.69) is 0 Å². The van der Waals surface area contributed by atoms with E-state index < -0.39 is 15.8 Å². The second-order valence-electron chi connectivity index (χ2n) is 7.30. The van der Waals surface area contributed by atoms with Crippen LogP contribution in [0.2, 0.25) is 0 Å². The zero-order chi connectivity index (χ0) is 20.6. The number of hydrogen-bond acceptors (Lipinski definition) is 3. The molecule has 0 unspecified atom stereocenters. The Kier molecular flexibility index (Phi) is 5.59. The number of aryl methyl sites for hydroxylation is 2. The lowest BCUT2D eigenvalue weighted by atomic mass is 10.0. The summed E-state index contributed by atoms with van der Waals surface area (Å²) in [5.74, 6) is -0.747. The zero-order valence-electron chi connectivity index (χ0n) is 16.6. The van der Waals surface area contributed by atoms with E-state index in [1.54, 1.807) is 11.0 Å². The maximum Gasteiger partial charge on any atom is 0.254 e. The Labute approximate surface area is 165 Å². The number of carbonyl (C=O) groups excluding carboxylic acids is 1. The SMILES string of the molecule is Cc1cc(C)c(C)c(S(=O)(=O)N2CCN(C(=O)c3cccc(F)c3)CC2)c1C. The van der Waals surface area contributed by atoms with Gasteiger partial charge in [0.2, 0.25) is 10.0 Å². The lowest BCUT2D eigenvalue weighted by Crippen LogP contribution is -2.50. The van der Waals surface area contributed by atoms with Gasteiger partial charge in [-0.25, -0.2) is 12.8 Å². The molecule has 0 bridgehead atoms. The molecule has 0 saturated carbocycles. The van der Waals surface area contributed by atoms with E-state index in [-0.39, 0.29) is 37.6 Å². The first-order chi connectivity index (χ1) is 13.1. The maximum absolute atomic E-state index is 13.4. The molecule has 150 valence electrons. The van der Waals surface area contributed by atoms with Crippen molar-refractivity contribution in [2.24, 2.45) is 0 Å². The zero-order valence-corrected chi connectivity index (χ0v) is 17.4. The van der Waals surface area contributed by atoms with Gasteiger partial charge in [-0.2, -0.15) is 4.31 Å². The van der Waals surface area contributed by atoms with Crippen LogP contribution in [0.4, 0.5) is 4.39 Å². The number of carbonyl (C=O) groups is 1. The summed E-state index contributed by atoms with van der Waals surface area (Å²) in [6.07, 6.45) is 0. The van der Waals surface area contributed by atoms with Crippen LogP contribution in [0.15, 0.2) is 35.2 Å². The number of halogens is 1. The second kappa shape index (κ2) is 7.64. The van der Waals surface area contributed by atoms with Crippen molar-refractivity contribution in [1.29, 1.82) is 0 Å². The van der Waals surface area contributed by atoms with Gasteiger partial charge < -0.3 is 4.90 Å². The molecule has 1 saturated heterocycles. The van der Waals surface area contributed by atoms with Crippen molar-refractivity contribution < 1.29 is 17.6 Å². The quantitative estimate of drug-likeness (QED) is 0.789. The van der Waals surface area contributed by atoms with Crippen LogP contribution >= 0.6 is 0 Å². The van der Waals surface area contributed by atoms with Crippen LogP contribution in [-0.2, 0) is 10.0 Å². The minimum atomic E-state index is -3.65. The van der Waals surface area contributed by atoms with Crippen molar-refractivity contribution in [3.8, 4) is 0 Å². The summed E-state index contributed by atoms with van der Waals surface area (Å²) in [6.45, 7) is 8.48. The van der Waals surface area contributed by atoms with Gasteiger partial charge in [-0.15, -0.1) is 0 Å². The summed E-state index contributed by atoms with van der Waals surface area (Å²) in [4.78, 5) is 14.5. The average Bonchev–Trinajstić information content (AvgIpc) is 2.66. The molecular formula is C21H25FN2O3S. The van der Waals surface area contributed by atoms with Crippen LogP contribution in [0.25, 0.3) is 0 Å². The third-order valence-corrected chi connectivity index (χ3v) is 7.67. The first-order valence-electron chi connectivity index (χ1n) is 9.25. The van der Waals surface area contributed by atoms with Gasteiger partial charge in [-0.3, -0.25) is 4.79 Å². The third-order valence-electron chi connectivity index (χ3n) is 5.49. The molecule has 2 aromatic carbocycles. The molecule has 28 heavy (non-hydrogen) atoms. The number of amides is 1. The Hall–Kier alpha value is -2.25. The van der Waals surface area contributed by atoms with E-state index in [9.17, 15) is 17.6 Å². The van der Waals surface area contributed by atoms with Crippen molar-refractivity contribution in [2.45, 2.75) is 32.6 Å². The van der Waals surface area contributed by atoms with Gasteiger partial charge in [-0.05, 0) is 68.1 Å². The highest BCUT2D eigenvalue weighted by molar-refractivity contribution is 7.89. The molecule has 0 N–H and O–H groups in total.